The summed E-state index contributed by atoms with van der Waals surface area (Å²) in [6.07, 6.45) is -6.38. The van der Waals surface area contributed by atoms with Gasteiger partial charge in [-0.3, -0.25) is 9.69 Å². The largest absolute Gasteiger partial charge is 0.490 e. The summed E-state index contributed by atoms with van der Waals surface area (Å²) in [6, 6.07) is 18.5. The summed E-state index contributed by atoms with van der Waals surface area (Å²) in [4.78, 5) is 39.8. The number of rotatable bonds is 5. The zero-order valence-electron chi connectivity index (χ0n) is 22.4. The van der Waals surface area contributed by atoms with E-state index >= 15 is 0 Å². The number of aliphatic carboxylic acids is 2. The Morgan fingerprint density at radius 2 is 1.47 bits per heavy atom. The molecule has 5 rings (SSSR count). The smallest absolute Gasteiger partial charge is 0.481 e. The first-order chi connectivity index (χ1) is 20.1. The molecule has 3 aromatic rings. The lowest BCUT2D eigenvalue weighted by molar-refractivity contribution is -0.193. The Balaban J connectivity index is 0.000000303. The number of hydrogen-bond acceptors (Lipinski definition) is 6. The number of hydrogen-bond donors (Lipinski definition) is 2. The van der Waals surface area contributed by atoms with Crippen LogP contribution in [-0.4, -0.2) is 86.0 Å². The summed E-state index contributed by atoms with van der Waals surface area (Å²) >= 11 is 0. The third-order valence-corrected chi connectivity index (χ3v) is 6.47. The molecule has 0 bridgehead atoms. The molecule has 1 aromatic carbocycles. The number of pyridine rings is 1. The van der Waals surface area contributed by atoms with E-state index in [-0.39, 0.29) is 18.0 Å². The number of methoxy groups -OCH3 is 1. The third kappa shape index (κ3) is 8.47. The van der Waals surface area contributed by atoms with E-state index in [0.717, 1.165) is 36.5 Å². The molecule has 2 atom stereocenters. The van der Waals surface area contributed by atoms with Gasteiger partial charge < -0.3 is 24.4 Å². The minimum atomic E-state index is -5.08. The minimum Gasteiger partial charge on any atom is -0.481 e. The van der Waals surface area contributed by atoms with Gasteiger partial charge in [0.2, 0.25) is 5.88 Å². The Morgan fingerprint density at radius 3 is 2.02 bits per heavy atom. The molecular formula is C27H26F6N4O6. The van der Waals surface area contributed by atoms with E-state index in [1.807, 2.05) is 42.6 Å². The second kappa shape index (κ2) is 13.6. The van der Waals surface area contributed by atoms with Crippen LogP contribution in [0.2, 0.25) is 0 Å². The summed E-state index contributed by atoms with van der Waals surface area (Å²) in [5.41, 5.74) is 3.01. The van der Waals surface area contributed by atoms with Crippen molar-refractivity contribution in [3.8, 4) is 5.88 Å². The molecular weight excluding hydrogens is 590 g/mol. The standard InChI is InChI=1S/C23H24N4O2.2C2HF3O2/c1-29-22-18(9-5-11-24-22)14-25-15-20-21(16-25)27(13-17-7-3-2-4-8-17)23(28)19-10-6-12-26(19)20;2*3-2(4,5)1(6)7/h2-12,20-21H,13-16H2,1H3;2*(H,6,7)/t20-,21+;;/m0../s1. The van der Waals surface area contributed by atoms with Gasteiger partial charge in [0.25, 0.3) is 5.91 Å². The Hall–Kier alpha value is -4.60. The van der Waals surface area contributed by atoms with Crippen LogP contribution in [0.25, 0.3) is 0 Å². The van der Waals surface area contributed by atoms with Gasteiger partial charge in [-0.05, 0) is 23.8 Å². The number of aromatic nitrogens is 2. The van der Waals surface area contributed by atoms with E-state index in [0.29, 0.717) is 12.4 Å². The molecule has 0 aliphatic carbocycles. The van der Waals surface area contributed by atoms with Gasteiger partial charge in [-0.25, -0.2) is 14.6 Å². The van der Waals surface area contributed by atoms with E-state index in [9.17, 15) is 31.1 Å². The molecule has 0 saturated carbocycles. The van der Waals surface area contributed by atoms with Crippen LogP contribution in [-0.2, 0) is 22.7 Å². The number of amides is 1. The maximum absolute atomic E-state index is 13.2. The van der Waals surface area contributed by atoms with Crippen LogP contribution >= 0.6 is 0 Å². The highest BCUT2D eigenvalue weighted by Gasteiger charge is 2.45. The molecule has 1 saturated heterocycles. The number of benzene rings is 1. The summed E-state index contributed by atoms with van der Waals surface area (Å²) < 4.78 is 71.1. The van der Waals surface area contributed by atoms with E-state index in [1.54, 1.807) is 13.3 Å². The lowest BCUT2D eigenvalue weighted by Gasteiger charge is -2.38. The SMILES string of the molecule is COc1ncccc1CN1C[C@@H]2[C@H](C1)n1cccc1C(=O)N2Cc1ccccc1.O=C(O)C(F)(F)F.O=C(O)C(F)(F)F. The summed E-state index contributed by atoms with van der Waals surface area (Å²) in [5.74, 6) is -4.73. The van der Waals surface area contributed by atoms with Crippen molar-refractivity contribution in [1.82, 2.24) is 19.4 Å². The number of fused-ring (bicyclic) bond motifs is 3. The average molecular weight is 617 g/mol. The van der Waals surface area contributed by atoms with Gasteiger partial charge in [0.05, 0.1) is 19.2 Å². The highest BCUT2D eigenvalue weighted by atomic mass is 19.4. The number of carbonyl (C=O) groups excluding carboxylic acids is 1. The van der Waals surface area contributed by atoms with Gasteiger partial charge >= 0.3 is 24.3 Å². The van der Waals surface area contributed by atoms with Crippen LogP contribution < -0.4 is 4.74 Å². The van der Waals surface area contributed by atoms with Crippen LogP contribution in [0.5, 0.6) is 5.88 Å². The lowest BCUT2D eigenvalue weighted by atomic mass is 10.0. The second-order valence-electron chi connectivity index (χ2n) is 9.33. The van der Waals surface area contributed by atoms with Crippen molar-refractivity contribution in [2.45, 2.75) is 37.5 Å². The van der Waals surface area contributed by atoms with E-state index in [2.05, 4.69) is 37.5 Å². The number of nitrogens with zero attached hydrogens (tertiary/aromatic N) is 4. The lowest BCUT2D eigenvalue weighted by Crippen LogP contribution is -2.49. The third-order valence-electron chi connectivity index (χ3n) is 6.47. The maximum atomic E-state index is 13.2. The minimum absolute atomic E-state index is 0.112. The highest BCUT2D eigenvalue weighted by molar-refractivity contribution is 5.94. The predicted molar refractivity (Wildman–Crippen MR) is 137 cm³/mol. The molecule has 2 N–H and O–H groups in total. The number of carboxylic acid groups (broad SMARTS) is 2. The Kier molecular flexibility index (Phi) is 10.4. The molecule has 10 nitrogen and oxygen atoms in total. The maximum Gasteiger partial charge on any atom is 0.490 e. The van der Waals surface area contributed by atoms with Gasteiger partial charge in [-0.1, -0.05) is 36.4 Å². The van der Waals surface area contributed by atoms with Crippen LogP contribution in [0.3, 0.4) is 0 Å². The summed E-state index contributed by atoms with van der Waals surface area (Å²) in [5, 5.41) is 14.2. The van der Waals surface area contributed by atoms with Gasteiger partial charge in [0.15, 0.2) is 0 Å². The Bertz CT molecular complexity index is 1390. The summed E-state index contributed by atoms with van der Waals surface area (Å²) in [7, 11) is 1.65. The van der Waals surface area contributed by atoms with Crippen molar-refractivity contribution in [2.75, 3.05) is 20.2 Å². The van der Waals surface area contributed by atoms with Crippen molar-refractivity contribution in [1.29, 1.82) is 0 Å². The van der Waals surface area contributed by atoms with E-state index in [4.69, 9.17) is 24.5 Å². The van der Waals surface area contributed by atoms with Crippen molar-refractivity contribution in [3.63, 3.8) is 0 Å². The molecule has 0 unspecified atom stereocenters. The van der Waals surface area contributed by atoms with Gasteiger partial charge in [-0.2, -0.15) is 26.3 Å². The first kappa shape index (κ1) is 32.9. The quantitative estimate of drug-likeness (QED) is 0.408. The molecule has 1 fully saturated rings. The van der Waals surface area contributed by atoms with Gasteiger partial charge in [0, 0.05) is 44.1 Å². The van der Waals surface area contributed by atoms with Crippen molar-refractivity contribution < 1.29 is 55.7 Å². The van der Waals surface area contributed by atoms with Crippen LogP contribution in [0.15, 0.2) is 67.0 Å². The zero-order valence-corrected chi connectivity index (χ0v) is 22.4. The van der Waals surface area contributed by atoms with Crippen LogP contribution in [0, 0.1) is 0 Å². The van der Waals surface area contributed by atoms with Crippen LogP contribution in [0.4, 0.5) is 26.3 Å². The molecule has 0 radical (unpaired) electrons. The molecule has 2 aliphatic heterocycles. The zero-order chi connectivity index (χ0) is 31.9. The number of likely N-dealkylation sites (tertiary alicyclic amines) is 1. The number of ether oxygens (including phenoxy) is 1. The molecule has 16 heteroatoms. The molecule has 1 amide bonds. The fourth-order valence-corrected chi connectivity index (χ4v) is 4.66. The molecule has 2 aliphatic rings. The fourth-order valence-electron chi connectivity index (χ4n) is 4.66. The number of halogens is 6. The van der Waals surface area contributed by atoms with Gasteiger partial charge in [-0.15, -0.1) is 0 Å². The highest BCUT2D eigenvalue weighted by Crippen LogP contribution is 2.35. The van der Waals surface area contributed by atoms with E-state index in [1.165, 1.54) is 0 Å². The van der Waals surface area contributed by atoms with Crippen molar-refractivity contribution >= 4 is 17.8 Å². The van der Waals surface area contributed by atoms with Crippen LogP contribution in [0.1, 0.15) is 27.7 Å². The average Bonchev–Trinajstić information content (AvgIpc) is 3.59. The summed E-state index contributed by atoms with van der Waals surface area (Å²) in [6.45, 7) is 3.12. The number of alkyl halides is 6. The molecule has 0 spiro atoms. The number of carboxylic acids is 2. The van der Waals surface area contributed by atoms with Crippen molar-refractivity contribution in [2.24, 2.45) is 0 Å². The number of carbonyl (C=O) groups is 3. The molecule has 43 heavy (non-hydrogen) atoms. The predicted octanol–water partition coefficient (Wildman–Crippen LogP) is 4.24. The normalized spacial score (nSPS) is 17.9. The van der Waals surface area contributed by atoms with E-state index < -0.39 is 24.3 Å². The second-order valence-corrected chi connectivity index (χ2v) is 9.33. The van der Waals surface area contributed by atoms with Gasteiger partial charge in [0.1, 0.15) is 5.69 Å². The fraction of sp³-hybridized carbons (Fsp3) is 0.333. The Labute approximate surface area is 240 Å². The van der Waals surface area contributed by atoms with Crippen molar-refractivity contribution in [3.05, 3.63) is 83.8 Å². The Morgan fingerprint density at radius 1 is 0.884 bits per heavy atom. The first-order valence-corrected chi connectivity index (χ1v) is 12.5. The molecule has 232 valence electrons. The topological polar surface area (TPSA) is 125 Å². The monoisotopic (exact) mass is 616 g/mol. The molecule has 2 aromatic heterocycles. The molecule has 4 heterocycles. The first-order valence-electron chi connectivity index (χ1n) is 12.5.